The van der Waals surface area contributed by atoms with Crippen molar-refractivity contribution < 1.29 is 4.79 Å². The van der Waals surface area contributed by atoms with Gasteiger partial charge in [-0.2, -0.15) is 0 Å². The van der Waals surface area contributed by atoms with E-state index in [2.05, 4.69) is 4.90 Å². The van der Waals surface area contributed by atoms with Gasteiger partial charge in [-0.25, -0.2) is 0 Å². The van der Waals surface area contributed by atoms with Gasteiger partial charge in [0, 0.05) is 31.1 Å². The van der Waals surface area contributed by atoms with Crippen LogP contribution in [0.15, 0.2) is 24.3 Å². The Kier molecular flexibility index (Phi) is 4.25. The van der Waals surface area contributed by atoms with E-state index in [9.17, 15) is 4.79 Å². The second kappa shape index (κ2) is 5.72. The zero-order chi connectivity index (χ0) is 13.1. The van der Waals surface area contributed by atoms with E-state index in [0.717, 1.165) is 23.7 Å². The van der Waals surface area contributed by atoms with Crippen LogP contribution in [0.4, 0.5) is 0 Å². The molecule has 1 saturated heterocycles. The molecule has 1 unspecified atom stereocenters. The average molecular weight is 267 g/mol. The molecule has 0 spiro atoms. The molecule has 1 fully saturated rings. The average Bonchev–Trinajstić information content (AvgIpc) is 2.61. The maximum atomic E-state index is 11.9. The molecule has 3 nitrogen and oxygen atoms in total. The summed E-state index contributed by atoms with van der Waals surface area (Å²) in [6, 6.07) is 7.72. The quantitative estimate of drug-likeness (QED) is 0.835. The molecule has 1 atom stereocenters. The minimum Gasteiger partial charge on any atom is -0.338 e. The van der Waals surface area contributed by atoms with Gasteiger partial charge in [0.05, 0.1) is 0 Å². The first-order chi connectivity index (χ1) is 8.56. The van der Waals surface area contributed by atoms with Crippen molar-refractivity contribution in [3.8, 4) is 0 Å². The monoisotopic (exact) mass is 266 g/mol. The zero-order valence-electron chi connectivity index (χ0n) is 10.9. The second-order valence-corrected chi connectivity index (χ2v) is 5.61. The Morgan fingerprint density at radius 2 is 2.11 bits per heavy atom. The molecular weight excluding hydrogens is 248 g/mol. The number of rotatable bonds is 4. The zero-order valence-corrected chi connectivity index (χ0v) is 11.7. The van der Waals surface area contributed by atoms with Crippen molar-refractivity contribution in [2.45, 2.75) is 13.0 Å². The van der Waals surface area contributed by atoms with Crippen molar-refractivity contribution in [3.63, 3.8) is 0 Å². The highest BCUT2D eigenvalue weighted by Gasteiger charge is 2.29. The molecule has 2 rings (SSSR count). The van der Waals surface area contributed by atoms with E-state index in [1.807, 2.05) is 43.3 Å². The van der Waals surface area contributed by atoms with Gasteiger partial charge in [0.1, 0.15) is 0 Å². The minimum absolute atomic E-state index is 0.238. The topological polar surface area (TPSA) is 23.6 Å². The van der Waals surface area contributed by atoms with Crippen molar-refractivity contribution in [3.05, 3.63) is 34.9 Å². The number of hydrogen-bond acceptors (Lipinski definition) is 2. The van der Waals surface area contributed by atoms with Gasteiger partial charge in [0.2, 0.25) is 5.91 Å². The van der Waals surface area contributed by atoms with Crippen molar-refractivity contribution in [2.24, 2.45) is 5.92 Å². The fraction of sp³-hybridized carbons (Fsp3) is 0.500. The summed E-state index contributed by atoms with van der Waals surface area (Å²) in [6.45, 7) is 2.43. The first-order valence-corrected chi connectivity index (χ1v) is 6.60. The smallest absolute Gasteiger partial charge is 0.223 e. The Bertz CT molecular complexity index is 434. The third kappa shape index (κ3) is 3.24. The Morgan fingerprint density at radius 1 is 1.39 bits per heavy atom. The lowest BCUT2D eigenvalue weighted by Gasteiger charge is -2.19. The van der Waals surface area contributed by atoms with Crippen molar-refractivity contribution >= 4 is 17.5 Å². The highest BCUT2D eigenvalue weighted by atomic mass is 35.5. The van der Waals surface area contributed by atoms with Crippen LogP contribution in [0.2, 0.25) is 5.02 Å². The number of hydrogen-bond donors (Lipinski definition) is 0. The summed E-state index contributed by atoms with van der Waals surface area (Å²) in [6.07, 6.45) is 0.655. The van der Waals surface area contributed by atoms with Crippen LogP contribution in [0, 0.1) is 5.92 Å². The predicted molar refractivity (Wildman–Crippen MR) is 73.5 cm³/mol. The van der Waals surface area contributed by atoms with Crippen molar-refractivity contribution in [1.82, 2.24) is 9.80 Å². The van der Waals surface area contributed by atoms with Gasteiger partial charge in [0.25, 0.3) is 0 Å². The van der Waals surface area contributed by atoms with E-state index in [0.29, 0.717) is 18.9 Å². The van der Waals surface area contributed by atoms with E-state index in [1.54, 1.807) is 0 Å². The molecule has 0 bridgehead atoms. The summed E-state index contributed by atoms with van der Waals surface area (Å²) in [5.41, 5.74) is 1.03. The fourth-order valence-corrected chi connectivity index (χ4v) is 2.67. The van der Waals surface area contributed by atoms with Gasteiger partial charge >= 0.3 is 0 Å². The Labute approximate surface area is 113 Å². The van der Waals surface area contributed by atoms with Gasteiger partial charge in [-0.1, -0.05) is 29.8 Å². The molecule has 1 aliphatic rings. The number of carbonyl (C=O) groups is 1. The Morgan fingerprint density at radius 3 is 2.78 bits per heavy atom. The van der Waals surface area contributed by atoms with Crippen molar-refractivity contribution in [2.75, 3.05) is 27.2 Å². The molecule has 0 radical (unpaired) electrons. The molecule has 1 heterocycles. The van der Waals surface area contributed by atoms with E-state index in [4.69, 9.17) is 11.6 Å². The third-order valence-corrected chi connectivity index (χ3v) is 3.61. The number of amides is 1. The van der Waals surface area contributed by atoms with Gasteiger partial charge in [-0.15, -0.1) is 0 Å². The lowest BCUT2D eigenvalue weighted by atomic mass is 10.1. The van der Waals surface area contributed by atoms with Crippen LogP contribution >= 0.6 is 11.6 Å². The lowest BCUT2D eigenvalue weighted by molar-refractivity contribution is -0.128. The van der Waals surface area contributed by atoms with E-state index in [1.165, 1.54) is 0 Å². The summed E-state index contributed by atoms with van der Waals surface area (Å²) in [4.78, 5) is 16.0. The summed E-state index contributed by atoms with van der Waals surface area (Å²) in [5.74, 6) is 0.678. The SMILES string of the molecule is CN(C)CC1CC(=O)N(Cc2ccccc2Cl)C1. The van der Waals surface area contributed by atoms with Crippen LogP contribution in [0.1, 0.15) is 12.0 Å². The maximum absolute atomic E-state index is 11.9. The molecule has 0 saturated carbocycles. The molecular formula is C14H19ClN2O. The Balaban J connectivity index is 1.99. The van der Waals surface area contributed by atoms with Crippen LogP contribution in [0.5, 0.6) is 0 Å². The van der Waals surface area contributed by atoms with Crippen LogP contribution in [-0.4, -0.2) is 42.9 Å². The number of nitrogens with zero attached hydrogens (tertiary/aromatic N) is 2. The predicted octanol–water partition coefficient (Wildman–Crippen LogP) is 2.25. The summed E-state index contributed by atoms with van der Waals surface area (Å²) in [7, 11) is 4.09. The molecule has 18 heavy (non-hydrogen) atoms. The van der Waals surface area contributed by atoms with Gasteiger partial charge < -0.3 is 9.80 Å². The number of benzene rings is 1. The summed E-state index contributed by atoms with van der Waals surface area (Å²) in [5, 5.41) is 0.737. The number of likely N-dealkylation sites (tertiary alicyclic amines) is 1. The maximum Gasteiger partial charge on any atom is 0.223 e. The standard InChI is InChI=1S/C14H19ClN2O/c1-16(2)8-11-7-14(18)17(9-11)10-12-5-3-4-6-13(12)15/h3-6,11H,7-10H2,1-2H3. The number of carbonyl (C=O) groups excluding carboxylic acids is 1. The lowest BCUT2D eigenvalue weighted by Crippen LogP contribution is -2.27. The number of halogens is 1. The van der Waals surface area contributed by atoms with E-state index in [-0.39, 0.29) is 5.91 Å². The van der Waals surface area contributed by atoms with Crippen LogP contribution in [-0.2, 0) is 11.3 Å². The van der Waals surface area contributed by atoms with Gasteiger partial charge in [0.15, 0.2) is 0 Å². The molecule has 1 aliphatic heterocycles. The van der Waals surface area contributed by atoms with Crippen LogP contribution in [0.3, 0.4) is 0 Å². The van der Waals surface area contributed by atoms with E-state index < -0.39 is 0 Å². The first-order valence-electron chi connectivity index (χ1n) is 6.22. The molecule has 4 heteroatoms. The highest BCUT2D eigenvalue weighted by Crippen LogP contribution is 2.23. The summed E-state index contributed by atoms with van der Waals surface area (Å²) < 4.78 is 0. The normalized spacial score (nSPS) is 19.9. The van der Waals surface area contributed by atoms with Crippen LogP contribution < -0.4 is 0 Å². The molecule has 1 aromatic rings. The highest BCUT2D eigenvalue weighted by molar-refractivity contribution is 6.31. The molecule has 1 aromatic carbocycles. The largest absolute Gasteiger partial charge is 0.338 e. The van der Waals surface area contributed by atoms with E-state index >= 15 is 0 Å². The molecule has 98 valence electrons. The third-order valence-electron chi connectivity index (χ3n) is 3.24. The second-order valence-electron chi connectivity index (χ2n) is 5.20. The molecule has 1 amide bonds. The van der Waals surface area contributed by atoms with Gasteiger partial charge in [-0.3, -0.25) is 4.79 Å². The molecule has 0 aliphatic carbocycles. The minimum atomic E-state index is 0.238. The molecule has 0 N–H and O–H groups in total. The Hall–Kier alpha value is -1.06. The van der Waals surface area contributed by atoms with Crippen LogP contribution in [0.25, 0.3) is 0 Å². The van der Waals surface area contributed by atoms with Crippen molar-refractivity contribution in [1.29, 1.82) is 0 Å². The first kappa shape index (κ1) is 13.4. The summed E-state index contributed by atoms with van der Waals surface area (Å²) >= 11 is 6.12. The fourth-order valence-electron chi connectivity index (χ4n) is 2.48. The molecule has 0 aromatic heterocycles. The van der Waals surface area contributed by atoms with Gasteiger partial charge in [-0.05, 0) is 31.6 Å².